The van der Waals surface area contributed by atoms with Crippen LogP contribution in [0.25, 0.3) is 6.08 Å². The normalized spacial score (nSPS) is 19.5. The standard InChI is InChI=1S/C23H26O5/c1-14(15-7-9-19(25-4)20(13-15)26-5)21(24)17-8-10-18-16(22(17)27-6)11-12-23(2,3)28-18/h8-13,15H,1,7H2,2-6H3. The van der Waals surface area contributed by atoms with E-state index in [1.165, 1.54) is 0 Å². The summed E-state index contributed by atoms with van der Waals surface area (Å²) in [5.41, 5.74) is 1.30. The number of Topliss-reactive ketones (excluding diaryl/α,β-unsaturated/α-hetero) is 1. The summed E-state index contributed by atoms with van der Waals surface area (Å²) in [6.07, 6.45) is 8.28. The van der Waals surface area contributed by atoms with Gasteiger partial charge in [0.1, 0.15) is 17.1 Å². The molecule has 1 unspecified atom stereocenters. The Morgan fingerprint density at radius 3 is 2.50 bits per heavy atom. The van der Waals surface area contributed by atoms with Crippen molar-refractivity contribution in [2.24, 2.45) is 5.92 Å². The van der Waals surface area contributed by atoms with Crippen molar-refractivity contribution in [1.82, 2.24) is 0 Å². The number of benzene rings is 1. The van der Waals surface area contributed by atoms with Crippen LogP contribution >= 0.6 is 0 Å². The van der Waals surface area contributed by atoms with Gasteiger partial charge in [0.25, 0.3) is 0 Å². The second-order valence-electron chi connectivity index (χ2n) is 7.30. The molecule has 1 aliphatic heterocycles. The summed E-state index contributed by atoms with van der Waals surface area (Å²) >= 11 is 0. The zero-order valence-electron chi connectivity index (χ0n) is 17.0. The van der Waals surface area contributed by atoms with Crippen LogP contribution < -0.4 is 9.47 Å². The zero-order chi connectivity index (χ0) is 20.5. The Bertz CT molecular complexity index is 902. The van der Waals surface area contributed by atoms with Crippen LogP contribution in [-0.2, 0) is 9.47 Å². The minimum Gasteiger partial charge on any atom is -0.495 e. The molecule has 148 valence electrons. The van der Waals surface area contributed by atoms with Gasteiger partial charge < -0.3 is 18.9 Å². The number of allylic oxidation sites excluding steroid dienone is 3. The molecule has 0 spiro atoms. The van der Waals surface area contributed by atoms with Crippen LogP contribution in [0, 0.1) is 5.92 Å². The molecule has 1 aromatic rings. The number of ether oxygens (including phenoxy) is 4. The van der Waals surface area contributed by atoms with E-state index in [0.717, 1.165) is 5.56 Å². The third-order valence-corrected chi connectivity index (χ3v) is 4.96. The van der Waals surface area contributed by atoms with Gasteiger partial charge in [-0.2, -0.15) is 0 Å². The maximum Gasteiger partial charge on any atom is 0.192 e. The Labute approximate surface area is 165 Å². The Balaban J connectivity index is 1.92. The fourth-order valence-electron chi connectivity index (χ4n) is 3.43. The fourth-order valence-corrected chi connectivity index (χ4v) is 3.43. The minimum absolute atomic E-state index is 0.163. The molecular weight excluding hydrogens is 356 g/mol. The summed E-state index contributed by atoms with van der Waals surface area (Å²) in [5, 5.41) is 0. The van der Waals surface area contributed by atoms with Crippen LogP contribution in [0.3, 0.4) is 0 Å². The van der Waals surface area contributed by atoms with Crippen molar-refractivity contribution < 1.29 is 23.7 Å². The highest BCUT2D eigenvalue weighted by molar-refractivity contribution is 6.11. The molecule has 5 nitrogen and oxygen atoms in total. The van der Waals surface area contributed by atoms with E-state index in [-0.39, 0.29) is 11.7 Å². The van der Waals surface area contributed by atoms with Crippen LogP contribution in [0.1, 0.15) is 36.2 Å². The highest BCUT2D eigenvalue weighted by atomic mass is 16.5. The molecule has 0 radical (unpaired) electrons. The lowest BCUT2D eigenvalue weighted by Gasteiger charge is -2.29. The lowest BCUT2D eigenvalue weighted by molar-refractivity contribution is 0.102. The molecule has 1 heterocycles. The molecule has 0 N–H and O–H groups in total. The molecule has 0 aromatic heterocycles. The highest BCUT2D eigenvalue weighted by Crippen LogP contribution is 2.40. The van der Waals surface area contributed by atoms with Crippen molar-refractivity contribution in [2.45, 2.75) is 25.9 Å². The molecule has 0 saturated carbocycles. The molecular formula is C23H26O5. The molecule has 0 amide bonds. The molecule has 28 heavy (non-hydrogen) atoms. The Morgan fingerprint density at radius 2 is 1.86 bits per heavy atom. The Kier molecular flexibility index (Phi) is 5.36. The largest absolute Gasteiger partial charge is 0.495 e. The van der Waals surface area contributed by atoms with Gasteiger partial charge >= 0.3 is 0 Å². The first kappa shape index (κ1) is 19.8. The molecule has 1 aromatic carbocycles. The monoisotopic (exact) mass is 382 g/mol. The lowest BCUT2D eigenvalue weighted by Crippen LogP contribution is -2.27. The number of hydrogen-bond donors (Lipinski definition) is 0. The van der Waals surface area contributed by atoms with Crippen LogP contribution in [-0.4, -0.2) is 32.7 Å². The topological polar surface area (TPSA) is 54.0 Å². The van der Waals surface area contributed by atoms with Gasteiger partial charge in [-0.1, -0.05) is 6.58 Å². The number of carbonyl (C=O) groups excluding carboxylic acids is 1. The average Bonchev–Trinajstić information content (AvgIpc) is 2.70. The van der Waals surface area contributed by atoms with Gasteiger partial charge in [-0.15, -0.1) is 0 Å². The van der Waals surface area contributed by atoms with Gasteiger partial charge in [-0.05, 0) is 56.7 Å². The van der Waals surface area contributed by atoms with Crippen molar-refractivity contribution >= 4 is 11.9 Å². The van der Waals surface area contributed by atoms with E-state index in [0.29, 0.717) is 40.6 Å². The second kappa shape index (κ2) is 7.58. The number of methoxy groups -OCH3 is 3. The molecule has 0 saturated heterocycles. The summed E-state index contributed by atoms with van der Waals surface area (Å²) in [6.45, 7) is 8.01. The Hall–Kier alpha value is -2.95. The number of rotatable bonds is 6. The highest BCUT2D eigenvalue weighted by Gasteiger charge is 2.29. The smallest absolute Gasteiger partial charge is 0.192 e. The van der Waals surface area contributed by atoms with Crippen LogP contribution in [0.5, 0.6) is 11.5 Å². The van der Waals surface area contributed by atoms with Crippen molar-refractivity contribution in [3.05, 3.63) is 65.2 Å². The Morgan fingerprint density at radius 1 is 1.14 bits per heavy atom. The fraction of sp³-hybridized carbons (Fsp3) is 0.348. The third kappa shape index (κ3) is 3.57. The summed E-state index contributed by atoms with van der Waals surface area (Å²) in [4.78, 5) is 13.2. The summed E-state index contributed by atoms with van der Waals surface area (Å²) in [5.74, 6) is 2.12. The van der Waals surface area contributed by atoms with Crippen LogP contribution in [0.15, 0.2) is 54.0 Å². The molecule has 0 bridgehead atoms. The van der Waals surface area contributed by atoms with Crippen molar-refractivity contribution in [1.29, 1.82) is 0 Å². The van der Waals surface area contributed by atoms with E-state index in [4.69, 9.17) is 18.9 Å². The predicted molar refractivity (Wildman–Crippen MR) is 108 cm³/mol. The summed E-state index contributed by atoms with van der Waals surface area (Å²) < 4.78 is 22.2. The van der Waals surface area contributed by atoms with E-state index in [1.807, 2.05) is 44.2 Å². The number of ketones is 1. The number of hydrogen-bond acceptors (Lipinski definition) is 5. The van der Waals surface area contributed by atoms with Crippen molar-refractivity contribution in [2.75, 3.05) is 21.3 Å². The molecule has 0 fully saturated rings. The van der Waals surface area contributed by atoms with Gasteiger partial charge in [0.15, 0.2) is 17.3 Å². The molecule has 1 atom stereocenters. The van der Waals surface area contributed by atoms with Gasteiger partial charge in [0.05, 0.1) is 32.5 Å². The molecule has 1 aliphatic carbocycles. The van der Waals surface area contributed by atoms with Crippen molar-refractivity contribution in [3.8, 4) is 11.5 Å². The minimum atomic E-state index is -0.401. The van der Waals surface area contributed by atoms with Gasteiger partial charge in [-0.25, -0.2) is 0 Å². The number of carbonyl (C=O) groups is 1. The van der Waals surface area contributed by atoms with Gasteiger partial charge in [0, 0.05) is 11.5 Å². The van der Waals surface area contributed by atoms with Gasteiger partial charge in [0.2, 0.25) is 0 Å². The quantitative estimate of drug-likeness (QED) is 0.527. The first-order valence-electron chi connectivity index (χ1n) is 9.14. The molecule has 3 rings (SSSR count). The van der Waals surface area contributed by atoms with E-state index in [9.17, 15) is 4.79 Å². The van der Waals surface area contributed by atoms with E-state index in [1.54, 1.807) is 27.4 Å². The predicted octanol–water partition coefficient (Wildman–Crippen LogP) is 4.70. The average molecular weight is 382 g/mol. The van der Waals surface area contributed by atoms with Gasteiger partial charge in [-0.3, -0.25) is 4.79 Å². The first-order valence-corrected chi connectivity index (χ1v) is 9.14. The zero-order valence-corrected chi connectivity index (χ0v) is 17.0. The lowest BCUT2D eigenvalue weighted by atomic mass is 9.86. The molecule has 5 heteroatoms. The number of fused-ring (bicyclic) bond motifs is 1. The first-order chi connectivity index (χ1) is 13.3. The molecule has 2 aliphatic rings. The summed E-state index contributed by atoms with van der Waals surface area (Å²) in [7, 11) is 4.72. The van der Waals surface area contributed by atoms with E-state index < -0.39 is 5.60 Å². The SMILES string of the molecule is C=C(C(=O)c1ccc2c(c1OC)C=CC(C)(C)O2)C1C=C(OC)C(OC)=CC1. The van der Waals surface area contributed by atoms with Crippen LogP contribution in [0.4, 0.5) is 0 Å². The second-order valence-corrected chi connectivity index (χ2v) is 7.30. The van der Waals surface area contributed by atoms with E-state index >= 15 is 0 Å². The summed E-state index contributed by atoms with van der Waals surface area (Å²) in [6, 6.07) is 3.55. The maximum absolute atomic E-state index is 13.2. The third-order valence-electron chi connectivity index (χ3n) is 4.96. The maximum atomic E-state index is 13.2. The van der Waals surface area contributed by atoms with Crippen molar-refractivity contribution in [3.63, 3.8) is 0 Å². The van der Waals surface area contributed by atoms with Crippen LogP contribution in [0.2, 0.25) is 0 Å². The van der Waals surface area contributed by atoms with E-state index in [2.05, 4.69) is 6.58 Å².